The molecule has 0 saturated heterocycles. The largest absolute Gasteiger partial charge is 0.455 e. The van der Waals surface area contributed by atoms with Crippen LogP contribution in [0.15, 0.2) is 46.8 Å². The van der Waals surface area contributed by atoms with Crippen molar-refractivity contribution < 1.29 is 19.4 Å². The molecule has 28 heavy (non-hydrogen) atoms. The maximum atomic E-state index is 12.6. The Morgan fingerprint density at radius 2 is 1.82 bits per heavy atom. The van der Waals surface area contributed by atoms with Crippen molar-refractivity contribution in [2.45, 2.75) is 74.0 Å². The topological polar surface area (TPSA) is 63.6 Å². The van der Waals surface area contributed by atoms with E-state index < -0.39 is 11.6 Å². The lowest BCUT2D eigenvalue weighted by Crippen LogP contribution is -2.31. The van der Waals surface area contributed by atoms with Crippen molar-refractivity contribution in [1.29, 1.82) is 0 Å². The number of rotatable bonds is 9. The van der Waals surface area contributed by atoms with Crippen LogP contribution in [0.5, 0.6) is 0 Å². The molecular weight excluding hydrogens is 352 g/mol. The van der Waals surface area contributed by atoms with Crippen molar-refractivity contribution in [1.82, 2.24) is 0 Å². The second-order valence-electron chi connectivity index (χ2n) is 8.42. The molecule has 156 valence electrons. The Hall–Kier alpha value is -1.94. The molecule has 0 radical (unpaired) electrons. The van der Waals surface area contributed by atoms with E-state index in [0.29, 0.717) is 11.7 Å². The van der Waals surface area contributed by atoms with Gasteiger partial charge in [-0.3, -0.25) is 9.59 Å². The third-order valence-electron chi connectivity index (χ3n) is 5.19. The predicted molar refractivity (Wildman–Crippen MR) is 113 cm³/mol. The lowest BCUT2D eigenvalue weighted by atomic mass is 9.88. The molecule has 0 aromatic carbocycles. The Bertz CT molecular complexity index is 719. The molecule has 1 rings (SSSR count). The van der Waals surface area contributed by atoms with Crippen LogP contribution in [0.25, 0.3) is 0 Å². The van der Waals surface area contributed by atoms with Crippen LogP contribution in [0.4, 0.5) is 0 Å². The number of aliphatic hydroxyl groups is 1. The zero-order valence-corrected chi connectivity index (χ0v) is 18.6. The zero-order valence-electron chi connectivity index (χ0n) is 18.6. The Kier molecular flexibility index (Phi) is 8.62. The van der Waals surface area contributed by atoms with Gasteiger partial charge in [0.25, 0.3) is 5.79 Å². The van der Waals surface area contributed by atoms with Gasteiger partial charge >= 0.3 is 0 Å². The number of Topliss-reactive ketones (excluding diaryl/α,β-unsaturated/α-hetero) is 1. The lowest BCUT2D eigenvalue weighted by molar-refractivity contribution is -0.168. The van der Waals surface area contributed by atoms with Crippen LogP contribution >= 0.6 is 0 Å². The van der Waals surface area contributed by atoms with Gasteiger partial charge in [0.2, 0.25) is 5.78 Å². The molecule has 0 amide bonds. The fourth-order valence-electron chi connectivity index (χ4n) is 3.41. The van der Waals surface area contributed by atoms with Crippen LogP contribution in [0, 0.1) is 17.8 Å². The standard InChI is InChI=1S/C24H36O4/c1-9-15(2)11-19(6)23(26)20(7)13-17(4)10-16(3)12-18(5)21-14-22(25)24(8,27)28-21/h10,12-15,17,19,27H,9,11H2,1-8H3/b16-10+,18-12+,20-13+/t15-,17?,19-,24?/m0/s1. The minimum Gasteiger partial charge on any atom is -0.455 e. The lowest BCUT2D eigenvalue weighted by Gasteiger charge is -2.16. The molecule has 4 nitrogen and oxygen atoms in total. The van der Waals surface area contributed by atoms with Gasteiger partial charge in [-0.05, 0) is 50.2 Å². The van der Waals surface area contributed by atoms with Gasteiger partial charge in [0, 0.05) is 18.9 Å². The highest BCUT2D eigenvalue weighted by atomic mass is 16.6. The van der Waals surface area contributed by atoms with E-state index in [1.807, 2.05) is 46.8 Å². The van der Waals surface area contributed by atoms with E-state index in [9.17, 15) is 14.7 Å². The van der Waals surface area contributed by atoms with E-state index in [-0.39, 0.29) is 17.6 Å². The van der Waals surface area contributed by atoms with Gasteiger partial charge in [-0.1, -0.05) is 57.9 Å². The van der Waals surface area contributed by atoms with E-state index in [2.05, 4.69) is 19.9 Å². The number of hydrogen-bond acceptors (Lipinski definition) is 4. The van der Waals surface area contributed by atoms with Crippen LogP contribution in [0.1, 0.15) is 68.2 Å². The normalized spacial score (nSPS) is 24.5. The summed E-state index contributed by atoms with van der Waals surface area (Å²) in [5.74, 6) is -0.921. The third kappa shape index (κ3) is 6.90. The van der Waals surface area contributed by atoms with Gasteiger partial charge in [-0.25, -0.2) is 0 Å². The number of ether oxygens (including phenoxy) is 1. The number of carbonyl (C=O) groups is 2. The molecule has 0 fully saturated rings. The van der Waals surface area contributed by atoms with Crippen molar-refractivity contribution in [3.05, 3.63) is 46.8 Å². The van der Waals surface area contributed by atoms with Crippen molar-refractivity contribution in [2.75, 3.05) is 0 Å². The summed E-state index contributed by atoms with van der Waals surface area (Å²) in [5, 5.41) is 9.82. The molecule has 0 bridgehead atoms. The summed E-state index contributed by atoms with van der Waals surface area (Å²) in [6, 6.07) is 0. The summed E-state index contributed by atoms with van der Waals surface area (Å²) < 4.78 is 5.31. The van der Waals surface area contributed by atoms with Crippen molar-refractivity contribution in [3.8, 4) is 0 Å². The first-order valence-corrected chi connectivity index (χ1v) is 10.1. The van der Waals surface area contributed by atoms with Crippen molar-refractivity contribution >= 4 is 11.6 Å². The summed E-state index contributed by atoms with van der Waals surface area (Å²) in [6.07, 6.45) is 9.31. The SMILES string of the molecule is CC[C@H](C)C[C@H](C)C(=O)/C(C)=C/C(C)/C=C(C)/C=C(\C)C1=CC(=O)C(C)(O)O1. The molecule has 2 unspecified atom stereocenters. The molecule has 4 atom stereocenters. The Balaban J connectivity index is 2.81. The second-order valence-corrected chi connectivity index (χ2v) is 8.42. The summed E-state index contributed by atoms with van der Waals surface area (Å²) >= 11 is 0. The van der Waals surface area contributed by atoms with Gasteiger partial charge < -0.3 is 9.84 Å². The van der Waals surface area contributed by atoms with Crippen LogP contribution in [0.2, 0.25) is 0 Å². The monoisotopic (exact) mass is 388 g/mol. The fraction of sp³-hybridized carbons (Fsp3) is 0.583. The molecule has 4 heteroatoms. The average Bonchev–Trinajstić information content (AvgIpc) is 2.86. The van der Waals surface area contributed by atoms with Crippen LogP contribution < -0.4 is 0 Å². The molecule has 0 saturated carbocycles. The highest BCUT2D eigenvalue weighted by Gasteiger charge is 2.38. The van der Waals surface area contributed by atoms with E-state index in [1.165, 1.54) is 13.0 Å². The van der Waals surface area contributed by atoms with Crippen LogP contribution in [-0.4, -0.2) is 22.5 Å². The van der Waals surface area contributed by atoms with Crippen molar-refractivity contribution in [3.63, 3.8) is 0 Å². The van der Waals surface area contributed by atoms with Gasteiger partial charge in [-0.15, -0.1) is 0 Å². The third-order valence-corrected chi connectivity index (χ3v) is 5.19. The minimum atomic E-state index is -1.78. The number of carbonyl (C=O) groups excluding carboxylic acids is 2. The summed E-state index contributed by atoms with van der Waals surface area (Å²) in [7, 11) is 0. The molecular formula is C24H36O4. The Morgan fingerprint density at radius 1 is 1.21 bits per heavy atom. The molecule has 1 aliphatic heterocycles. The first kappa shape index (κ1) is 24.1. The molecule has 0 spiro atoms. The number of hydrogen-bond donors (Lipinski definition) is 1. The quantitative estimate of drug-likeness (QED) is 0.430. The summed E-state index contributed by atoms with van der Waals surface area (Å²) in [5.41, 5.74) is 2.57. The maximum absolute atomic E-state index is 12.6. The Morgan fingerprint density at radius 3 is 2.32 bits per heavy atom. The van der Waals surface area contributed by atoms with Crippen LogP contribution in [-0.2, 0) is 14.3 Å². The molecule has 0 aliphatic carbocycles. The van der Waals surface area contributed by atoms with Gasteiger partial charge in [-0.2, -0.15) is 0 Å². The smallest absolute Gasteiger partial charge is 0.269 e. The van der Waals surface area contributed by atoms with E-state index >= 15 is 0 Å². The molecule has 1 heterocycles. The highest BCUT2D eigenvalue weighted by molar-refractivity contribution is 5.98. The first-order valence-electron chi connectivity index (χ1n) is 10.1. The number of ketones is 2. The van der Waals surface area contributed by atoms with Gasteiger partial charge in [0.1, 0.15) is 5.76 Å². The van der Waals surface area contributed by atoms with E-state index in [1.54, 1.807) is 0 Å². The summed E-state index contributed by atoms with van der Waals surface area (Å²) in [4.78, 5) is 24.2. The minimum absolute atomic E-state index is 0.0439. The molecule has 0 aromatic heterocycles. The van der Waals surface area contributed by atoms with Gasteiger partial charge in [0.05, 0.1) is 0 Å². The first-order chi connectivity index (χ1) is 12.9. The highest BCUT2D eigenvalue weighted by Crippen LogP contribution is 2.28. The van der Waals surface area contributed by atoms with E-state index in [4.69, 9.17) is 4.74 Å². The van der Waals surface area contributed by atoms with E-state index in [0.717, 1.165) is 29.6 Å². The molecule has 1 N–H and O–H groups in total. The fourth-order valence-corrected chi connectivity index (χ4v) is 3.41. The molecule has 0 aromatic rings. The van der Waals surface area contributed by atoms with Gasteiger partial charge in [0.15, 0.2) is 5.78 Å². The van der Waals surface area contributed by atoms with Crippen molar-refractivity contribution in [2.24, 2.45) is 17.8 Å². The average molecular weight is 389 g/mol. The second kappa shape index (κ2) is 10.0. The molecule has 1 aliphatic rings. The predicted octanol–water partition coefficient (Wildman–Crippen LogP) is 5.29. The zero-order chi connectivity index (χ0) is 21.6. The maximum Gasteiger partial charge on any atom is 0.269 e. The summed E-state index contributed by atoms with van der Waals surface area (Å²) in [6.45, 7) is 15.4. The number of allylic oxidation sites excluding steroid dienone is 6. The Labute approximate surface area is 170 Å². The van der Waals surface area contributed by atoms with Crippen LogP contribution in [0.3, 0.4) is 0 Å².